The van der Waals surface area contributed by atoms with Gasteiger partial charge >= 0.3 is 0 Å². The molecule has 1 rings (SSSR count). The molecule has 0 amide bonds. The van der Waals surface area contributed by atoms with E-state index >= 15 is 0 Å². The third-order valence-electron chi connectivity index (χ3n) is 2.98. The lowest BCUT2D eigenvalue weighted by Gasteiger charge is -2.16. The van der Waals surface area contributed by atoms with Crippen molar-refractivity contribution in [2.45, 2.75) is 32.7 Å². The van der Waals surface area contributed by atoms with Crippen LogP contribution in [0.2, 0.25) is 0 Å². The molecule has 0 saturated carbocycles. The van der Waals surface area contributed by atoms with Crippen LogP contribution in [0.4, 0.5) is 4.39 Å². The van der Waals surface area contributed by atoms with Crippen molar-refractivity contribution in [2.75, 3.05) is 12.4 Å². The van der Waals surface area contributed by atoms with Crippen molar-refractivity contribution in [3.8, 4) is 0 Å². The molecule has 0 spiro atoms. The molecule has 0 bridgehead atoms. The highest BCUT2D eigenvalue weighted by atomic mass is 79.9. The van der Waals surface area contributed by atoms with Gasteiger partial charge in [-0.3, -0.25) is 0 Å². The average Bonchev–Trinajstić information content (AvgIpc) is 2.32. The van der Waals surface area contributed by atoms with Gasteiger partial charge in [0, 0.05) is 16.9 Å². The summed E-state index contributed by atoms with van der Waals surface area (Å²) >= 11 is 9.17. The Kier molecular flexibility index (Phi) is 7.87. The number of hydrogen-bond acceptors (Lipinski definition) is 1. The van der Waals surface area contributed by atoms with E-state index in [1.807, 2.05) is 6.07 Å². The van der Waals surface area contributed by atoms with Crippen molar-refractivity contribution in [3.63, 3.8) is 0 Å². The summed E-state index contributed by atoms with van der Waals surface area (Å²) in [4.78, 5) is 0. The van der Waals surface area contributed by atoms with Gasteiger partial charge in [-0.15, -0.1) is 11.6 Å². The molecule has 0 fully saturated rings. The molecule has 1 atom stereocenters. The first-order valence-corrected chi connectivity index (χ1v) is 7.70. The first-order valence-electron chi connectivity index (χ1n) is 6.38. The summed E-state index contributed by atoms with van der Waals surface area (Å²) in [5, 5.41) is 3.42. The van der Waals surface area contributed by atoms with Crippen molar-refractivity contribution < 1.29 is 4.39 Å². The van der Waals surface area contributed by atoms with Crippen LogP contribution in [0.3, 0.4) is 0 Å². The van der Waals surface area contributed by atoms with Gasteiger partial charge < -0.3 is 5.32 Å². The molecule has 0 radical (unpaired) electrons. The minimum atomic E-state index is -0.211. The molecule has 0 heterocycles. The number of alkyl halides is 1. The summed E-state index contributed by atoms with van der Waals surface area (Å²) in [6, 6.07) is 4.80. The summed E-state index contributed by atoms with van der Waals surface area (Å²) in [6.45, 7) is 3.91. The topological polar surface area (TPSA) is 12.0 Å². The maximum absolute atomic E-state index is 12.9. The van der Waals surface area contributed by atoms with E-state index in [0.29, 0.717) is 11.8 Å². The molecule has 1 unspecified atom stereocenters. The Bertz CT molecular complexity index is 354. The highest BCUT2D eigenvalue weighted by molar-refractivity contribution is 9.10. The van der Waals surface area contributed by atoms with E-state index in [4.69, 9.17) is 11.6 Å². The van der Waals surface area contributed by atoms with Crippen LogP contribution in [0, 0.1) is 11.7 Å². The SMILES string of the molecule is CCCC(CCCl)CNCc1ccc(F)cc1Br. The Morgan fingerprint density at radius 2 is 2.17 bits per heavy atom. The first kappa shape index (κ1) is 15.9. The zero-order chi connectivity index (χ0) is 13.4. The molecule has 0 aliphatic rings. The van der Waals surface area contributed by atoms with Crippen LogP contribution in [0.15, 0.2) is 22.7 Å². The van der Waals surface area contributed by atoms with Crippen molar-refractivity contribution in [2.24, 2.45) is 5.92 Å². The Labute approximate surface area is 122 Å². The minimum Gasteiger partial charge on any atom is -0.312 e. The van der Waals surface area contributed by atoms with Crippen LogP contribution in [0.1, 0.15) is 31.7 Å². The van der Waals surface area contributed by atoms with Gasteiger partial charge in [0.15, 0.2) is 0 Å². The third-order valence-corrected chi connectivity index (χ3v) is 3.93. The van der Waals surface area contributed by atoms with Crippen molar-refractivity contribution in [1.29, 1.82) is 0 Å². The van der Waals surface area contributed by atoms with Gasteiger partial charge in [-0.05, 0) is 43.0 Å². The number of halogens is 3. The summed E-state index contributed by atoms with van der Waals surface area (Å²) in [5.74, 6) is 1.13. The van der Waals surface area contributed by atoms with Crippen LogP contribution in [0.25, 0.3) is 0 Å². The number of benzene rings is 1. The fourth-order valence-corrected chi connectivity index (χ4v) is 2.79. The van der Waals surface area contributed by atoms with Crippen LogP contribution < -0.4 is 5.32 Å². The lowest BCUT2D eigenvalue weighted by Crippen LogP contribution is -2.23. The predicted molar refractivity (Wildman–Crippen MR) is 79.5 cm³/mol. The van der Waals surface area contributed by atoms with E-state index in [-0.39, 0.29) is 5.82 Å². The normalized spacial score (nSPS) is 12.7. The van der Waals surface area contributed by atoms with Gasteiger partial charge in [-0.2, -0.15) is 0 Å². The molecule has 1 nitrogen and oxygen atoms in total. The molecule has 18 heavy (non-hydrogen) atoms. The van der Waals surface area contributed by atoms with Crippen LogP contribution in [0.5, 0.6) is 0 Å². The first-order chi connectivity index (χ1) is 8.67. The van der Waals surface area contributed by atoms with Crippen LogP contribution in [-0.2, 0) is 6.54 Å². The van der Waals surface area contributed by atoms with Gasteiger partial charge in [0.1, 0.15) is 5.82 Å². The molecule has 0 aliphatic carbocycles. The molecule has 102 valence electrons. The Hall–Kier alpha value is -0.120. The summed E-state index contributed by atoms with van der Waals surface area (Å²) in [7, 11) is 0. The molecule has 0 aromatic heterocycles. The molecule has 1 aromatic rings. The molecule has 1 aromatic carbocycles. The van der Waals surface area contributed by atoms with Crippen molar-refractivity contribution in [1.82, 2.24) is 5.32 Å². The van der Waals surface area contributed by atoms with E-state index in [1.54, 1.807) is 0 Å². The second kappa shape index (κ2) is 8.89. The minimum absolute atomic E-state index is 0.211. The molecule has 1 N–H and O–H groups in total. The molecule has 0 saturated heterocycles. The molecular formula is C14H20BrClFN. The fraction of sp³-hybridized carbons (Fsp3) is 0.571. The van der Waals surface area contributed by atoms with E-state index in [0.717, 1.165) is 29.5 Å². The lowest BCUT2D eigenvalue weighted by atomic mass is 10.0. The fourth-order valence-electron chi connectivity index (χ4n) is 1.99. The van der Waals surface area contributed by atoms with Crippen LogP contribution >= 0.6 is 27.5 Å². The zero-order valence-corrected chi connectivity index (χ0v) is 13.0. The summed E-state index contributed by atoms with van der Waals surface area (Å²) in [5.41, 5.74) is 1.08. The average molecular weight is 337 g/mol. The standard InChI is InChI=1S/C14H20BrClFN/c1-2-3-11(6-7-16)9-18-10-12-4-5-13(17)8-14(12)15/h4-5,8,11,18H,2-3,6-7,9-10H2,1H3. The molecule has 4 heteroatoms. The predicted octanol–water partition coefficient (Wildman–Crippen LogP) is 4.72. The van der Waals surface area contributed by atoms with Crippen molar-refractivity contribution in [3.05, 3.63) is 34.1 Å². The van der Waals surface area contributed by atoms with Gasteiger partial charge in [0.2, 0.25) is 0 Å². The van der Waals surface area contributed by atoms with Gasteiger partial charge in [0.05, 0.1) is 0 Å². The second-order valence-electron chi connectivity index (χ2n) is 4.50. The van der Waals surface area contributed by atoms with Gasteiger partial charge in [-0.1, -0.05) is 35.3 Å². The maximum Gasteiger partial charge on any atom is 0.124 e. The Balaban J connectivity index is 2.39. The second-order valence-corrected chi connectivity index (χ2v) is 5.73. The highest BCUT2D eigenvalue weighted by Gasteiger charge is 2.07. The largest absolute Gasteiger partial charge is 0.312 e. The maximum atomic E-state index is 12.9. The zero-order valence-electron chi connectivity index (χ0n) is 10.7. The van der Waals surface area contributed by atoms with E-state index in [1.165, 1.54) is 25.0 Å². The van der Waals surface area contributed by atoms with Crippen molar-refractivity contribution >= 4 is 27.5 Å². The van der Waals surface area contributed by atoms with Gasteiger partial charge in [-0.25, -0.2) is 4.39 Å². The molecular weight excluding hydrogens is 317 g/mol. The quantitative estimate of drug-likeness (QED) is 0.677. The summed E-state index contributed by atoms with van der Waals surface area (Å²) < 4.78 is 13.8. The van der Waals surface area contributed by atoms with E-state index < -0.39 is 0 Å². The molecule has 0 aliphatic heterocycles. The number of rotatable bonds is 8. The highest BCUT2D eigenvalue weighted by Crippen LogP contribution is 2.18. The van der Waals surface area contributed by atoms with E-state index in [9.17, 15) is 4.39 Å². The lowest BCUT2D eigenvalue weighted by molar-refractivity contribution is 0.430. The summed E-state index contributed by atoms with van der Waals surface area (Å²) in [6.07, 6.45) is 3.43. The van der Waals surface area contributed by atoms with Crippen LogP contribution in [-0.4, -0.2) is 12.4 Å². The number of hydrogen-bond donors (Lipinski definition) is 1. The monoisotopic (exact) mass is 335 g/mol. The third kappa shape index (κ3) is 5.68. The Morgan fingerprint density at radius 1 is 1.39 bits per heavy atom. The van der Waals surface area contributed by atoms with Gasteiger partial charge in [0.25, 0.3) is 0 Å². The van der Waals surface area contributed by atoms with E-state index in [2.05, 4.69) is 28.2 Å². The number of nitrogens with one attached hydrogen (secondary N) is 1. The Morgan fingerprint density at radius 3 is 2.78 bits per heavy atom. The smallest absolute Gasteiger partial charge is 0.124 e.